The summed E-state index contributed by atoms with van der Waals surface area (Å²) < 4.78 is 12.2. The Labute approximate surface area is 249 Å². The molecule has 0 spiro atoms. The number of aliphatic hydroxyl groups excluding tert-OH is 1. The third kappa shape index (κ3) is 7.16. The number of anilines is 1. The molecule has 3 aromatic rings. The van der Waals surface area contributed by atoms with Crippen LogP contribution in [-0.4, -0.2) is 31.2 Å². The number of hydrogen-bond donors (Lipinski definition) is 3. The molecule has 0 aromatic heterocycles. The van der Waals surface area contributed by atoms with Gasteiger partial charge in [-0.1, -0.05) is 48.5 Å². The van der Waals surface area contributed by atoms with Gasteiger partial charge in [0.05, 0.1) is 18.4 Å². The van der Waals surface area contributed by atoms with Crippen molar-refractivity contribution in [3.05, 3.63) is 89.5 Å². The molecule has 1 amide bonds. The fourth-order valence-corrected chi connectivity index (χ4v) is 8.15. The Kier molecular flexibility index (Phi) is 9.11. The molecule has 4 aliphatic carbocycles. The monoisotopic (exact) mass is 568 g/mol. The first-order valence-corrected chi connectivity index (χ1v) is 15.7. The second-order valence-electron chi connectivity index (χ2n) is 12.9. The molecule has 0 saturated heterocycles. The minimum absolute atomic E-state index is 0.395. The highest BCUT2D eigenvalue weighted by Crippen LogP contribution is 2.61. The van der Waals surface area contributed by atoms with E-state index >= 15 is 0 Å². The van der Waals surface area contributed by atoms with E-state index in [0.29, 0.717) is 42.0 Å². The van der Waals surface area contributed by atoms with Crippen molar-refractivity contribution in [3.8, 4) is 11.5 Å². The Morgan fingerprint density at radius 2 is 1.62 bits per heavy atom. The zero-order chi connectivity index (χ0) is 28.8. The van der Waals surface area contributed by atoms with Gasteiger partial charge in [-0.3, -0.25) is 4.79 Å². The highest BCUT2D eigenvalue weighted by atomic mass is 16.5. The highest BCUT2D eigenvalue weighted by molar-refractivity contribution is 5.76. The summed E-state index contributed by atoms with van der Waals surface area (Å²) in [5.74, 6) is 4.48. The normalized spacial score (nSPS) is 24.7. The van der Waals surface area contributed by atoms with Gasteiger partial charge in [0, 0.05) is 6.54 Å². The molecule has 6 nitrogen and oxygen atoms in total. The van der Waals surface area contributed by atoms with Crippen molar-refractivity contribution in [2.45, 2.75) is 64.1 Å². The van der Waals surface area contributed by atoms with Gasteiger partial charge in [-0.2, -0.15) is 0 Å². The van der Waals surface area contributed by atoms with Gasteiger partial charge in [0.2, 0.25) is 6.41 Å². The molecule has 0 aliphatic heterocycles. The average molecular weight is 569 g/mol. The summed E-state index contributed by atoms with van der Waals surface area (Å²) in [7, 11) is 0. The first-order chi connectivity index (χ1) is 20.6. The molecule has 0 heterocycles. The molecule has 3 N–H and O–H groups in total. The van der Waals surface area contributed by atoms with Crippen LogP contribution in [0.4, 0.5) is 5.69 Å². The molecule has 6 heteroatoms. The molecule has 1 atom stereocenters. The number of carbonyl (C=O) groups is 1. The lowest BCUT2D eigenvalue weighted by Crippen LogP contribution is -2.46. The van der Waals surface area contributed by atoms with Crippen LogP contribution in [0.3, 0.4) is 0 Å². The van der Waals surface area contributed by atoms with Crippen molar-refractivity contribution in [2.75, 3.05) is 25.0 Å². The second-order valence-corrected chi connectivity index (χ2v) is 12.9. The van der Waals surface area contributed by atoms with Crippen LogP contribution in [0.2, 0.25) is 0 Å². The predicted octanol–water partition coefficient (Wildman–Crippen LogP) is 6.68. The molecular weight excluding hydrogens is 524 g/mol. The van der Waals surface area contributed by atoms with Gasteiger partial charge in [-0.05, 0) is 122 Å². The Morgan fingerprint density at radius 1 is 0.881 bits per heavy atom. The largest absolute Gasteiger partial charge is 0.494 e. The average Bonchev–Trinajstić information content (AvgIpc) is 2.99. The zero-order valence-corrected chi connectivity index (χ0v) is 24.5. The Hall–Kier alpha value is -3.35. The van der Waals surface area contributed by atoms with Crippen molar-refractivity contribution < 1.29 is 19.4 Å². The lowest BCUT2D eigenvalue weighted by Gasteiger charge is -2.57. The van der Waals surface area contributed by atoms with Gasteiger partial charge < -0.3 is 25.2 Å². The SMILES string of the molecule is O=CNc1cc(C(O)CNCCc2cccc(OCCC34CC5CC(CC(C5)C3)C4)c2)ccc1OCc1ccccc1. The zero-order valence-electron chi connectivity index (χ0n) is 24.5. The Bertz CT molecular complexity index is 1290. The third-order valence-corrected chi connectivity index (χ3v) is 9.73. The summed E-state index contributed by atoms with van der Waals surface area (Å²) in [5, 5.41) is 16.9. The number of nitrogens with one attached hydrogen (secondary N) is 2. The number of benzene rings is 3. The molecule has 42 heavy (non-hydrogen) atoms. The van der Waals surface area contributed by atoms with Crippen LogP contribution in [-0.2, 0) is 17.8 Å². The minimum atomic E-state index is -0.709. The quantitative estimate of drug-likeness (QED) is 0.141. The van der Waals surface area contributed by atoms with E-state index < -0.39 is 6.10 Å². The summed E-state index contributed by atoms with van der Waals surface area (Å²) in [6.07, 6.45) is 10.7. The molecule has 222 valence electrons. The minimum Gasteiger partial charge on any atom is -0.494 e. The van der Waals surface area contributed by atoms with E-state index in [1.807, 2.05) is 36.4 Å². The van der Waals surface area contributed by atoms with Gasteiger partial charge in [-0.25, -0.2) is 0 Å². The standard InChI is InChI=1S/C36H44N2O4/c39-25-38-33-19-31(9-10-35(33)42-24-27-5-2-1-3-6-27)34(40)23-37-13-11-26-7-4-8-32(18-26)41-14-12-36-20-28-15-29(21-36)17-30(16-28)22-36/h1-10,18-19,25,28-30,34,37,40H,11-17,20-24H2,(H,38,39). The van der Waals surface area contributed by atoms with Crippen LogP contribution in [0, 0.1) is 23.2 Å². The topological polar surface area (TPSA) is 79.8 Å². The third-order valence-electron chi connectivity index (χ3n) is 9.73. The maximum atomic E-state index is 11.2. The van der Waals surface area contributed by atoms with E-state index in [4.69, 9.17) is 9.47 Å². The van der Waals surface area contributed by atoms with Gasteiger partial charge in [0.25, 0.3) is 0 Å². The summed E-state index contributed by atoms with van der Waals surface area (Å²) in [5.41, 5.74) is 4.07. The number of amides is 1. The molecule has 4 bridgehead atoms. The van der Waals surface area contributed by atoms with Crippen LogP contribution in [0.5, 0.6) is 11.5 Å². The lowest BCUT2D eigenvalue weighted by molar-refractivity contribution is -0.105. The van der Waals surface area contributed by atoms with Crippen LogP contribution < -0.4 is 20.1 Å². The summed E-state index contributed by atoms with van der Waals surface area (Å²) in [6, 6.07) is 23.7. The highest BCUT2D eigenvalue weighted by Gasteiger charge is 2.50. The predicted molar refractivity (Wildman–Crippen MR) is 166 cm³/mol. The molecule has 1 unspecified atom stereocenters. The number of hydrogen-bond acceptors (Lipinski definition) is 5. The smallest absolute Gasteiger partial charge is 0.211 e. The van der Waals surface area contributed by atoms with E-state index in [0.717, 1.165) is 48.6 Å². The molecular formula is C36H44N2O4. The van der Waals surface area contributed by atoms with Crippen molar-refractivity contribution in [1.29, 1.82) is 0 Å². The number of rotatable bonds is 15. The maximum Gasteiger partial charge on any atom is 0.211 e. The fourth-order valence-electron chi connectivity index (χ4n) is 8.15. The van der Waals surface area contributed by atoms with Gasteiger partial charge in [0.1, 0.15) is 18.1 Å². The van der Waals surface area contributed by atoms with Crippen molar-refractivity contribution in [2.24, 2.45) is 23.2 Å². The Morgan fingerprint density at radius 3 is 2.36 bits per heavy atom. The van der Waals surface area contributed by atoms with Gasteiger partial charge in [0.15, 0.2) is 0 Å². The molecule has 7 rings (SSSR count). The fraction of sp³-hybridized carbons (Fsp3) is 0.472. The van der Waals surface area contributed by atoms with Crippen molar-refractivity contribution >= 4 is 12.1 Å². The van der Waals surface area contributed by atoms with Crippen LogP contribution in [0.25, 0.3) is 0 Å². The first-order valence-electron chi connectivity index (χ1n) is 15.7. The number of aliphatic hydroxyl groups is 1. The molecule has 3 aromatic carbocycles. The molecule has 4 fully saturated rings. The Balaban J connectivity index is 0.943. The number of carbonyl (C=O) groups excluding carboxylic acids is 1. The van der Waals surface area contributed by atoms with Gasteiger partial charge in [-0.15, -0.1) is 0 Å². The molecule has 4 saturated carbocycles. The van der Waals surface area contributed by atoms with E-state index in [1.54, 1.807) is 12.1 Å². The first kappa shape index (κ1) is 28.8. The van der Waals surface area contributed by atoms with E-state index in [9.17, 15) is 9.90 Å². The van der Waals surface area contributed by atoms with Crippen LogP contribution >= 0.6 is 0 Å². The van der Waals surface area contributed by atoms with Crippen molar-refractivity contribution in [3.63, 3.8) is 0 Å². The van der Waals surface area contributed by atoms with E-state index in [1.165, 1.54) is 50.5 Å². The second kappa shape index (κ2) is 13.3. The molecule has 4 aliphatic rings. The van der Waals surface area contributed by atoms with Crippen LogP contribution in [0.1, 0.15) is 67.7 Å². The maximum absolute atomic E-state index is 11.2. The lowest BCUT2D eigenvalue weighted by atomic mass is 9.49. The van der Waals surface area contributed by atoms with Gasteiger partial charge >= 0.3 is 0 Å². The molecule has 0 radical (unpaired) electrons. The van der Waals surface area contributed by atoms with E-state index in [2.05, 4.69) is 34.9 Å². The van der Waals surface area contributed by atoms with E-state index in [-0.39, 0.29) is 0 Å². The summed E-state index contributed by atoms with van der Waals surface area (Å²) >= 11 is 0. The van der Waals surface area contributed by atoms with Crippen LogP contribution in [0.15, 0.2) is 72.8 Å². The number of ether oxygens (including phenoxy) is 2. The summed E-state index contributed by atoms with van der Waals surface area (Å²) in [4.78, 5) is 11.2. The summed E-state index contributed by atoms with van der Waals surface area (Å²) in [6.45, 7) is 2.36. The van der Waals surface area contributed by atoms with Crippen molar-refractivity contribution in [1.82, 2.24) is 5.32 Å².